The summed E-state index contributed by atoms with van der Waals surface area (Å²) < 4.78 is 13.1. The van der Waals surface area contributed by atoms with Crippen LogP contribution in [0.3, 0.4) is 0 Å². The van der Waals surface area contributed by atoms with Crippen LogP contribution in [-0.4, -0.2) is 18.5 Å². The largest absolute Gasteiger partial charge is 0.322 e. The summed E-state index contributed by atoms with van der Waals surface area (Å²) in [4.78, 5) is 11.4. The van der Waals surface area contributed by atoms with Gasteiger partial charge in [-0.25, -0.2) is 4.39 Å². The SMILES string of the molecule is O=C(Nc1ccccc1F)[C@H]1CCN1. The molecule has 0 spiro atoms. The molecule has 74 valence electrons. The van der Waals surface area contributed by atoms with E-state index in [1.807, 2.05) is 0 Å². The molecule has 14 heavy (non-hydrogen) atoms. The second-order valence-electron chi connectivity index (χ2n) is 3.26. The summed E-state index contributed by atoms with van der Waals surface area (Å²) in [5, 5.41) is 5.49. The Morgan fingerprint density at radius 3 is 2.79 bits per heavy atom. The van der Waals surface area contributed by atoms with Crippen LogP contribution in [0.5, 0.6) is 0 Å². The molecule has 0 aliphatic carbocycles. The number of amides is 1. The molecule has 1 aliphatic heterocycles. The van der Waals surface area contributed by atoms with Gasteiger partial charge in [0, 0.05) is 0 Å². The van der Waals surface area contributed by atoms with Gasteiger partial charge in [0.1, 0.15) is 5.82 Å². The monoisotopic (exact) mass is 194 g/mol. The number of rotatable bonds is 2. The zero-order chi connectivity index (χ0) is 9.97. The molecule has 1 aromatic carbocycles. The van der Waals surface area contributed by atoms with E-state index < -0.39 is 5.82 Å². The summed E-state index contributed by atoms with van der Waals surface area (Å²) in [6, 6.07) is 5.99. The molecule has 4 heteroatoms. The predicted molar refractivity (Wildman–Crippen MR) is 51.4 cm³/mol. The standard InChI is InChI=1S/C10H11FN2O/c11-7-3-1-2-4-8(7)13-10(14)9-5-6-12-9/h1-4,9,12H,5-6H2,(H,13,14)/t9-/m1/s1. The molecule has 1 aliphatic rings. The molecule has 0 bridgehead atoms. The molecular formula is C10H11FN2O. The average Bonchev–Trinajstić information content (AvgIpc) is 2.05. The number of hydrogen-bond acceptors (Lipinski definition) is 2. The van der Waals surface area contributed by atoms with E-state index in [1.54, 1.807) is 18.2 Å². The van der Waals surface area contributed by atoms with Crippen molar-refractivity contribution in [3.8, 4) is 0 Å². The second kappa shape index (κ2) is 3.75. The van der Waals surface area contributed by atoms with Crippen molar-refractivity contribution >= 4 is 11.6 Å². The normalized spacial score (nSPS) is 19.9. The van der Waals surface area contributed by atoms with Crippen LogP contribution in [0.25, 0.3) is 0 Å². The Labute approximate surface area is 81.3 Å². The van der Waals surface area contributed by atoms with Gasteiger partial charge in [-0.3, -0.25) is 4.79 Å². The van der Waals surface area contributed by atoms with Crippen molar-refractivity contribution in [3.63, 3.8) is 0 Å². The fourth-order valence-electron chi connectivity index (χ4n) is 1.29. The first-order valence-electron chi connectivity index (χ1n) is 4.56. The zero-order valence-corrected chi connectivity index (χ0v) is 7.59. The number of anilines is 1. The Kier molecular flexibility index (Phi) is 2.45. The van der Waals surface area contributed by atoms with E-state index in [9.17, 15) is 9.18 Å². The van der Waals surface area contributed by atoms with Crippen LogP contribution in [0.1, 0.15) is 6.42 Å². The van der Waals surface area contributed by atoms with Crippen molar-refractivity contribution in [2.24, 2.45) is 0 Å². The molecule has 1 fully saturated rings. The molecule has 0 saturated carbocycles. The maximum atomic E-state index is 13.1. The first-order chi connectivity index (χ1) is 6.77. The van der Waals surface area contributed by atoms with Gasteiger partial charge >= 0.3 is 0 Å². The molecule has 3 nitrogen and oxygen atoms in total. The van der Waals surface area contributed by atoms with E-state index in [0.717, 1.165) is 13.0 Å². The number of halogens is 1. The predicted octanol–water partition coefficient (Wildman–Crippen LogP) is 1.13. The van der Waals surface area contributed by atoms with Crippen molar-refractivity contribution in [1.29, 1.82) is 0 Å². The lowest BCUT2D eigenvalue weighted by Crippen LogP contribution is -2.50. The Balaban J connectivity index is 2.03. The summed E-state index contributed by atoms with van der Waals surface area (Å²) >= 11 is 0. The Morgan fingerprint density at radius 2 is 2.21 bits per heavy atom. The van der Waals surface area contributed by atoms with Crippen molar-refractivity contribution in [1.82, 2.24) is 5.32 Å². The van der Waals surface area contributed by atoms with Crippen LogP contribution in [0.2, 0.25) is 0 Å². The van der Waals surface area contributed by atoms with Gasteiger partial charge < -0.3 is 10.6 Å². The van der Waals surface area contributed by atoms with Crippen LogP contribution < -0.4 is 10.6 Å². The van der Waals surface area contributed by atoms with Crippen LogP contribution in [-0.2, 0) is 4.79 Å². The quantitative estimate of drug-likeness (QED) is 0.740. The van der Waals surface area contributed by atoms with Crippen LogP contribution >= 0.6 is 0 Å². The minimum absolute atomic E-state index is 0.158. The summed E-state index contributed by atoms with van der Waals surface area (Å²) in [6.07, 6.45) is 0.820. The van der Waals surface area contributed by atoms with Gasteiger partial charge in [-0.2, -0.15) is 0 Å². The molecule has 2 N–H and O–H groups in total. The van der Waals surface area contributed by atoms with Crippen LogP contribution in [0, 0.1) is 5.82 Å². The Morgan fingerprint density at radius 1 is 1.50 bits per heavy atom. The van der Waals surface area contributed by atoms with E-state index in [4.69, 9.17) is 0 Å². The number of hydrogen-bond donors (Lipinski definition) is 2. The molecule has 1 saturated heterocycles. The third-order valence-electron chi connectivity index (χ3n) is 2.27. The fourth-order valence-corrected chi connectivity index (χ4v) is 1.29. The lowest BCUT2D eigenvalue weighted by Gasteiger charge is -2.26. The second-order valence-corrected chi connectivity index (χ2v) is 3.26. The fraction of sp³-hybridized carbons (Fsp3) is 0.300. The van der Waals surface area contributed by atoms with Gasteiger partial charge in [0.25, 0.3) is 0 Å². The molecular weight excluding hydrogens is 183 g/mol. The summed E-state index contributed by atoms with van der Waals surface area (Å²) in [5.74, 6) is -0.568. The maximum absolute atomic E-state index is 13.1. The highest BCUT2D eigenvalue weighted by molar-refractivity contribution is 5.95. The third kappa shape index (κ3) is 1.75. The van der Waals surface area contributed by atoms with Gasteiger partial charge in [-0.15, -0.1) is 0 Å². The Bertz CT molecular complexity index is 350. The number of carbonyl (C=O) groups is 1. The van der Waals surface area contributed by atoms with Gasteiger partial charge in [-0.1, -0.05) is 12.1 Å². The highest BCUT2D eigenvalue weighted by Crippen LogP contribution is 2.14. The van der Waals surface area contributed by atoms with E-state index in [0.29, 0.717) is 0 Å². The smallest absolute Gasteiger partial charge is 0.241 e. The van der Waals surface area contributed by atoms with E-state index in [1.165, 1.54) is 6.07 Å². The van der Waals surface area contributed by atoms with Gasteiger partial charge in [0.2, 0.25) is 5.91 Å². The molecule has 2 rings (SSSR count). The molecule has 1 heterocycles. The summed E-state index contributed by atoms with van der Waals surface area (Å²) in [6.45, 7) is 0.857. The van der Waals surface area contributed by atoms with E-state index in [2.05, 4.69) is 10.6 Å². The Hall–Kier alpha value is -1.42. The van der Waals surface area contributed by atoms with Gasteiger partial charge in [0.15, 0.2) is 0 Å². The third-order valence-corrected chi connectivity index (χ3v) is 2.27. The first kappa shape index (κ1) is 9.15. The number of benzene rings is 1. The lowest BCUT2D eigenvalue weighted by atomic mass is 10.1. The van der Waals surface area contributed by atoms with Gasteiger partial charge in [0.05, 0.1) is 11.7 Å². The highest BCUT2D eigenvalue weighted by atomic mass is 19.1. The topological polar surface area (TPSA) is 41.1 Å². The van der Waals surface area contributed by atoms with Gasteiger partial charge in [-0.05, 0) is 25.1 Å². The highest BCUT2D eigenvalue weighted by Gasteiger charge is 2.24. The van der Waals surface area contributed by atoms with Crippen molar-refractivity contribution in [2.75, 3.05) is 11.9 Å². The van der Waals surface area contributed by atoms with Crippen LogP contribution in [0.15, 0.2) is 24.3 Å². The lowest BCUT2D eigenvalue weighted by molar-refractivity contribution is -0.119. The molecule has 0 radical (unpaired) electrons. The minimum Gasteiger partial charge on any atom is -0.322 e. The number of nitrogens with one attached hydrogen (secondary N) is 2. The minimum atomic E-state index is -0.403. The molecule has 1 atom stereocenters. The maximum Gasteiger partial charge on any atom is 0.241 e. The van der Waals surface area contributed by atoms with Crippen molar-refractivity contribution < 1.29 is 9.18 Å². The first-order valence-corrected chi connectivity index (χ1v) is 4.56. The average molecular weight is 194 g/mol. The molecule has 1 aromatic rings. The van der Waals surface area contributed by atoms with Crippen molar-refractivity contribution in [3.05, 3.63) is 30.1 Å². The van der Waals surface area contributed by atoms with E-state index in [-0.39, 0.29) is 17.6 Å². The summed E-state index contributed by atoms with van der Waals surface area (Å²) in [5.41, 5.74) is 0.242. The zero-order valence-electron chi connectivity index (χ0n) is 7.59. The molecule has 1 amide bonds. The molecule has 0 aromatic heterocycles. The molecule has 0 unspecified atom stereocenters. The van der Waals surface area contributed by atoms with Crippen LogP contribution in [0.4, 0.5) is 10.1 Å². The number of para-hydroxylation sites is 1. The summed E-state index contributed by atoms with van der Waals surface area (Å²) in [7, 11) is 0. The number of carbonyl (C=O) groups excluding carboxylic acids is 1. The van der Waals surface area contributed by atoms with E-state index >= 15 is 0 Å². The van der Waals surface area contributed by atoms with Crippen molar-refractivity contribution in [2.45, 2.75) is 12.5 Å².